The van der Waals surface area contributed by atoms with Crippen molar-refractivity contribution in [1.29, 1.82) is 0 Å². The number of halogens is 1. The zero-order chi connectivity index (χ0) is 17.6. The van der Waals surface area contributed by atoms with E-state index in [4.69, 9.17) is 11.6 Å². The Kier molecular flexibility index (Phi) is 6.45. The van der Waals surface area contributed by atoms with E-state index in [0.717, 1.165) is 36.8 Å². The molecule has 2 heterocycles. The van der Waals surface area contributed by atoms with Gasteiger partial charge in [-0.05, 0) is 43.4 Å². The van der Waals surface area contributed by atoms with Gasteiger partial charge in [-0.1, -0.05) is 36.7 Å². The molecule has 1 atom stereocenters. The highest BCUT2D eigenvalue weighted by molar-refractivity contribution is 7.13. The molecule has 0 bridgehead atoms. The van der Waals surface area contributed by atoms with Crippen LogP contribution in [0.4, 0.5) is 5.13 Å². The van der Waals surface area contributed by atoms with Crippen LogP contribution in [-0.2, 0) is 17.8 Å². The summed E-state index contributed by atoms with van der Waals surface area (Å²) in [5, 5.41) is 6.34. The summed E-state index contributed by atoms with van der Waals surface area (Å²) in [5.74, 6) is 0.740. The lowest BCUT2D eigenvalue weighted by Gasteiger charge is -2.30. The van der Waals surface area contributed by atoms with Crippen LogP contribution in [0.3, 0.4) is 0 Å². The first-order valence-electron chi connectivity index (χ1n) is 8.80. The standard InChI is InChI=1S/C19H24ClN3OS/c1-14-5-4-10-23(11-14)12-16-13-25-19(21-16)22-18(24)9-8-15-6-2-3-7-17(15)20/h2-3,6-7,13-14H,4-5,8-12H2,1H3,(H,21,22,24)/t14-/m0/s1. The summed E-state index contributed by atoms with van der Waals surface area (Å²) in [7, 11) is 0. The molecule has 1 saturated heterocycles. The lowest BCUT2D eigenvalue weighted by molar-refractivity contribution is -0.116. The van der Waals surface area contributed by atoms with Crippen molar-refractivity contribution in [3.8, 4) is 0 Å². The Morgan fingerprint density at radius 1 is 1.44 bits per heavy atom. The molecule has 1 fully saturated rings. The summed E-state index contributed by atoms with van der Waals surface area (Å²) >= 11 is 7.62. The number of aromatic nitrogens is 1. The fraction of sp³-hybridized carbons (Fsp3) is 0.474. The van der Waals surface area contributed by atoms with Crippen molar-refractivity contribution in [2.24, 2.45) is 5.92 Å². The molecule has 134 valence electrons. The summed E-state index contributed by atoms with van der Waals surface area (Å²) in [4.78, 5) is 19.2. The minimum atomic E-state index is -0.0209. The average molecular weight is 378 g/mol. The van der Waals surface area contributed by atoms with E-state index in [9.17, 15) is 4.79 Å². The number of hydrogen-bond donors (Lipinski definition) is 1. The molecule has 0 saturated carbocycles. The van der Waals surface area contributed by atoms with Crippen molar-refractivity contribution in [1.82, 2.24) is 9.88 Å². The second kappa shape index (κ2) is 8.79. The molecular formula is C19H24ClN3OS. The summed E-state index contributed by atoms with van der Waals surface area (Å²) in [6.07, 6.45) is 3.62. The zero-order valence-electron chi connectivity index (χ0n) is 14.5. The first kappa shape index (κ1) is 18.4. The predicted octanol–water partition coefficient (Wildman–Crippen LogP) is 4.60. The number of nitrogens with one attached hydrogen (secondary N) is 1. The molecule has 0 spiro atoms. The van der Waals surface area contributed by atoms with E-state index in [1.54, 1.807) is 0 Å². The van der Waals surface area contributed by atoms with Gasteiger partial charge in [0, 0.05) is 29.9 Å². The molecule has 1 amide bonds. The van der Waals surface area contributed by atoms with Crippen LogP contribution in [0.5, 0.6) is 0 Å². The number of piperidine rings is 1. The Hall–Kier alpha value is -1.43. The van der Waals surface area contributed by atoms with Crippen LogP contribution in [0.25, 0.3) is 0 Å². The number of benzene rings is 1. The lowest BCUT2D eigenvalue weighted by atomic mass is 10.0. The zero-order valence-corrected chi connectivity index (χ0v) is 16.1. The number of aryl methyl sites for hydroxylation is 1. The molecule has 25 heavy (non-hydrogen) atoms. The molecule has 1 aromatic carbocycles. The van der Waals surface area contributed by atoms with Gasteiger partial charge in [0.05, 0.1) is 5.69 Å². The van der Waals surface area contributed by atoms with Crippen molar-refractivity contribution >= 4 is 34.0 Å². The van der Waals surface area contributed by atoms with Crippen molar-refractivity contribution < 1.29 is 4.79 Å². The van der Waals surface area contributed by atoms with E-state index in [0.29, 0.717) is 23.0 Å². The Morgan fingerprint density at radius 2 is 2.28 bits per heavy atom. The summed E-state index contributed by atoms with van der Waals surface area (Å²) < 4.78 is 0. The third-order valence-electron chi connectivity index (χ3n) is 4.50. The van der Waals surface area contributed by atoms with Gasteiger partial charge in [-0.25, -0.2) is 4.98 Å². The molecule has 0 unspecified atom stereocenters. The first-order valence-corrected chi connectivity index (χ1v) is 10.1. The van der Waals surface area contributed by atoms with Gasteiger partial charge >= 0.3 is 0 Å². The van der Waals surface area contributed by atoms with E-state index < -0.39 is 0 Å². The van der Waals surface area contributed by atoms with Crippen LogP contribution in [0.2, 0.25) is 5.02 Å². The molecule has 6 heteroatoms. The van der Waals surface area contributed by atoms with E-state index in [1.807, 2.05) is 29.6 Å². The maximum Gasteiger partial charge on any atom is 0.226 e. The smallest absolute Gasteiger partial charge is 0.226 e. The highest BCUT2D eigenvalue weighted by Crippen LogP contribution is 2.21. The van der Waals surface area contributed by atoms with E-state index in [2.05, 4.69) is 22.1 Å². The van der Waals surface area contributed by atoms with Crippen LogP contribution >= 0.6 is 22.9 Å². The topological polar surface area (TPSA) is 45.2 Å². The number of carbonyl (C=O) groups is 1. The quantitative estimate of drug-likeness (QED) is 0.800. The van der Waals surface area contributed by atoms with Crippen molar-refractivity contribution in [3.05, 3.63) is 45.9 Å². The summed E-state index contributed by atoms with van der Waals surface area (Å²) in [6, 6.07) is 7.64. The first-order chi connectivity index (χ1) is 12.1. The lowest BCUT2D eigenvalue weighted by Crippen LogP contribution is -2.33. The largest absolute Gasteiger partial charge is 0.302 e. The molecule has 4 nitrogen and oxygen atoms in total. The molecule has 2 aromatic rings. The number of likely N-dealkylation sites (tertiary alicyclic amines) is 1. The second-order valence-corrected chi connectivity index (χ2v) is 8.03. The van der Waals surface area contributed by atoms with Gasteiger partial charge in [0.15, 0.2) is 5.13 Å². The van der Waals surface area contributed by atoms with Crippen LogP contribution in [0.15, 0.2) is 29.6 Å². The molecule has 1 N–H and O–H groups in total. The maximum absolute atomic E-state index is 12.1. The second-order valence-electron chi connectivity index (χ2n) is 6.77. The van der Waals surface area contributed by atoms with Gasteiger partial charge < -0.3 is 5.32 Å². The Balaban J connectivity index is 1.47. The summed E-state index contributed by atoms with van der Waals surface area (Å²) in [5.41, 5.74) is 2.04. The highest BCUT2D eigenvalue weighted by atomic mass is 35.5. The fourth-order valence-corrected chi connectivity index (χ4v) is 4.18. The number of nitrogens with zero attached hydrogens (tertiary/aromatic N) is 2. The normalized spacial score (nSPS) is 18.2. The van der Waals surface area contributed by atoms with Gasteiger partial charge in [0.1, 0.15) is 0 Å². The van der Waals surface area contributed by atoms with Gasteiger partial charge in [-0.3, -0.25) is 9.69 Å². The van der Waals surface area contributed by atoms with E-state index in [1.165, 1.54) is 24.2 Å². The van der Waals surface area contributed by atoms with Crippen molar-refractivity contribution in [2.45, 2.75) is 39.2 Å². The van der Waals surface area contributed by atoms with Gasteiger partial charge in [-0.2, -0.15) is 0 Å². The van der Waals surface area contributed by atoms with Crippen molar-refractivity contribution in [3.63, 3.8) is 0 Å². The minimum Gasteiger partial charge on any atom is -0.302 e. The Bertz CT molecular complexity index is 718. The van der Waals surface area contributed by atoms with Crippen LogP contribution < -0.4 is 5.32 Å². The van der Waals surface area contributed by atoms with Gasteiger partial charge in [0.2, 0.25) is 5.91 Å². The third-order valence-corrected chi connectivity index (χ3v) is 5.68. The highest BCUT2D eigenvalue weighted by Gasteiger charge is 2.17. The average Bonchev–Trinajstić information content (AvgIpc) is 3.01. The van der Waals surface area contributed by atoms with Crippen LogP contribution in [0, 0.1) is 5.92 Å². The third kappa shape index (κ3) is 5.53. The summed E-state index contributed by atoms with van der Waals surface area (Å²) in [6.45, 7) is 5.45. The van der Waals surface area contributed by atoms with Crippen LogP contribution in [0.1, 0.15) is 37.4 Å². The molecule has 3 rings (SSSR count). The van der Waals surface area contributed by atoms with E-state index in [-0.39, 0.29) is 5.91 Å². The SMILES string of the molecule is C[C@H]1CCCN(Cc2csc(NC(=O)CCc3ccccc3Cl)n2)C1. The fourth-order valence-electron chi connectivity index (χ4n) is 3.23. The monoisotopic (exact) mass is 377 g/mol. The van der Waals surface area contributed by atoms with Crippen LogP contribution in [-0.4, -0.2) is 28.9 Å². The Morgan fingerprint density at radius 3 is 3.08 bits per heavy atom. The number of anilines is 1. The number of rotatable bonds is 6. The van der Waals surface area contributed by atoms with Gasteiger partial charge in [-0.15, -0.1) is 11.3 Å². The maximum atomic E-state index is 12.1. The number of thiazole rings is 1. The molecule has 0 radical (unpaired) electrons. The van der Waals surface area contributed by atoms with Crippen molar-refractivity contribution in [2.75, 3.05) is 18.4 Å². The molecule has 1 aliphatic rings. The molecule has 1 aliphatic heterocycles. The molecular weight excluding hydrogens is 354 g/mol. The minimum absolute atomic E-state index is 0.0209. The predicted molar refractivity (Wildman–Crippen MR) is 104 cm³/mol. The Labute approximate surface area is 158 Å². The molecule has 1 aromatic heterocycles. The van der Waals surface area contributed by atoms with Gasteiger partial charge in [0.25, 0.3) is 0 Å². The number of carbonyl (C=O) groups excluding carboxylic acids is 1. The number of hydrogen-bond acceptors (Lipinski definition) is 4. The number of amides is 1. The molecule has 0 aliphatic carbocycles. The van der Waals surface area contributed by atoms with E-state index >= 15 is 0 Å².